The molecule has 0 spiro atoms. The van der Waals surface area contributed by atoms with Gasteiger partial charge in [0.25, 0.3) is 0 Å². The summed E-state index contributed by atoms with van der Waals surface area (Å²) in [6.45, 7) is 0. The lowest BCUT2D eigenvalue weighted by molar-refractivity contribution is 0.112. The lowest BCUT2D eigenvalue weighted by atomic mass is 10.1. The molecule has 16 heavy (non-hydrogen) atoms. The van der Waals surface area contributed by atoms with Crippen LogP contribution >= 0.6 is 0 Å². The predicted octanol–water partition coefficient (Wildman–Crippen LogP) is 2.18. The maximum Gasteiger partial charge on any atom is 0.170 e. The summed E-state index contributed by atoms with van der Waals surface area (Å²) in [6.07, 6.45) is 1.89. The van der Waals surface area contributed by atoms with Crippen molar-refractivity contribution in [3.05, 3.63) is 41.9 Å². The number of nitrogens with zero attached hydrogens (tertiary/aromatic N) is 2. The fourth-order valence-corrected chi connectivity index (χ4v) is 1.54. The minimum absolute atomic E-state index is 0.0297. The van der Waals surface area contributed by atoms with Gasteiger partial charge in [-0.3, -0.25) is 4.79 Å². The van der Waals surface area contributed by atoms with Gasteiger partial charge in [-0.25, -0.2) is 13.8 Å². The molecule has 0 aliphatic carbocycles. The van der Waals surface area contributed by atoms with Crippen LogP contribution in [0.25, 0.3) is 11.3 Å². The number of aldehydes is 1. The number of halogens is 2. The normalized spacial score (nSPS) is 10.4. The Hall–Kier alpha value is -2.04. The maximum atomic E-state index is 13.5. The zero-order valence-corrected chi connectivity index (χ0v) is 8.45. The average Bonchev–Trinajstić information content (AvgIpc) is 2.63. The van der Waals surface area contributed by atoms with Gasteiger partial charge in [0.2, 0.25) is 0 Å². The fourth-order valence-electron chi connectivity index (χ4n) is 1.54. The van der Waals surface area contributed by atoms with E-state index in [9.17, 15) is 13.6 Å². The van der Waals surface area contributed by atoms with Crippen molar-refractivity contribution in [3.8, 4) is 11.3 Å². The molecule has 0 aliphatic heterocycles. The summed E-state index contributed by atoms with van der Waals surface area (Å²) in [5.74, 6) is -1.15. The van der Waals surface area contributed by atoms with Crippen molar-refractivity contribution in [2.45, 2.75) is 0 Å². The minimum Gasteiger partial charge on any atom is -0.333 e. The number of aromatic nitrogens is 2. The van der Waals surface area contributed by atoms with E-state index in [4.69, 9.17) is 0 Å². The zero-order chi connectivity index (χ0) is 11.7. The summed E-state index contributed by atoms with van der Waals surface area (Å²) < 4.78 is 28.0. The Labute approximate surface area is 90.3 Å². The molecule has 1 heterocycles. The first kappa shape index (κ1) is 10.5. The smallest absolute Gasteiger partial charge is 0.170 e. The number of hydrogen-bond donors (Lipinski definition) is 0. The standard InChI is InChI=1S/C11H8F2N2O/c1-15-6-14-10(5-16)11(15)8-4-7(12)2-3-9(8)13/h2-6H,1H3. The van der Waals surface area contributed by atoms with Gasteiger partial charge < -0.3 is 4.57 Å². The molecule has 0 amide bonds. The second kappa shape index (κ2) is 3.84. The van der Waals surface area contributed by atoms with E-state index < -0.39 is 11.6 Å². The van der Waals surface area contributed by atoms with Crippen molar-refractivity contribution in [2.75, 3.05) is 0 Å². The van der Waals surface area contributed by atoms with Gasteiger partial charge in [0, 0.05) is 12.6 Å². The molecule has 0 atom stereocenters. The molecule has 0 fully saturated rings. The molecule has 0 aliphatic rings. The average molecular weight is 222 g/mol. The number of imidazole rings is 1. The topological polar surface area (TPSA) is 34.9 Å². The lowest BCUT2D eigenvalue weighted by Gasteiger charge is -2.05. The molecule has 82 valence electrons. The molecule has 0 saturated heterocycles. The van der Waals surface area contributed by atoms with Crippen LogP contribution in [-0.4, -0.2) is 15.8 Å². The lowest BCUT2D eigenvalue weighted by Crippen LogP contribution is -1.96. The summed E-state index contributed by atoms with van der Waals surface area (Å²) in [7, 11) is 1.61. The Morgan fingerprint density at radius 2 is 2.12 bits per heavy atom. The summed E-state index contributed by atoms with van der Waals surface area (Å²) in [4.78, 5) is 14.5. The van der Waals surface area contributed by atoms with Gasteiger partial charge >= 0.3 is 0 Å². The Bertz CT molecular complexity index is 549. The van der Waals surface area contributed by atoms with Crippen LogP contribution in [0.4, 0.5) is 8.78 Å². The van der Waals surface area contributed by atoms with Crippen LogP contribution in [0.5, 0.6) is 0 Å². The van der Waals surface area contributed by atoms with Crippen molar-refractivity contribution in [3.63, 3.8) is 0 Å². The van der Waals surface area contributed by atoms with E-state index >= 15 is 0 Å². The quantitative estimate of drug-likeness (QED) is 0.730. The second-order valence-electron chi connectivity index (χ2n) is 3.33. The molecule has 0 bridgehead atoms. The van der Waals surface area contributed by atoms with Crippen LogP contribution in [0.2, 0.25) is 0 Å². The highest BCUT2D eigenvalue weighted by Crippen LogP contribution is 2.25. The number of rotatable bonds is 2. The van der Waals surface area contributed by atoms with Crippen molar-refractivity contribution in [1.82, 2.24) is 9.55 Å². The molecule has 1 aromatic heterocycles. The van der Waals surface area contributed by atoms with Crippen LogP contribution < -0.4 is 0 Å². The van der Waals surface area contributed by atoms with E-state index in [2.05, 4.69) is 4.98 Å². The maximum absolute atomic E-state index is 13.5. The van der Waals surface area contributed by atoms with Gasteiger partial charge in [-0.2, -0.15) is 0 Å². The third-order valence-electron chi connectivity index (χ3n) is 2.26. The van der Waals surface area contributed by atoms with Crippen LogP contribution in [0.3, 0.4) is 0 Å². The predicted molar refractivity (Wildman–Crippen MR) is 53.9 cm³/mol. The highest BCUT2D eigenvalue weighted by molar-refractivity contribution is 5.83. The zero-order valence-electron chi connectivity index (χ0n) is 8.45. The van der Waals surface area contributed by atoms with E-state index in [1.54, 1.807) is 7.05 Å². The minimum atomic E-state index is -0.590. The molecule has 3 nitrogen and oxygen atoms in total. The molecule has 0 unspecified atom stereocenters. The molecule has 5 heteroatoms. The van der Waals surface area contributed by atoms with Gasteiger partial charge in [0.1, 0.15) is 17.3 Å². The van der Waals surface area contributed by atoms with Crippen molar-refractivity contribution in [1.29, 1.82) is 0 Å². The van der Waals surface area contributed by atoms with Gasteiger partial charge in [-0.15, -0.1) is 0 Å². The molecule has 2 aromatic rings. The first-order valence-electron chi connectivity index (χ1n) is 4.55. The summed E-state index contributed by atoms with van der Waals surface area (Å²) in [6, 6.07) is 3.08. The molecule has 0 radical (unpaired) electrons. The monoisotopic (exact) mass is 222 g/mol. The number of aryl methyl sites for hydroxylation is 1. The van der Waals surface area contributed by atoms with Crippen molar-refractivity contribution in [2.24, 2.45) is 7.05 Å². The van der Waals surface area contributed by atoms with Gasteiger partial charge in [0.15, 0.2) is 6.29 Å². The van der Waals surface area contributed by atoms with Crippen LogP contribution in [0.1, 0.15) is 10.5 Å². The number of carbonyl (C=O) groups excluding carboxylic acids is 1. The van der Waals surface area contributed by atoms with Gasteiger partial charge in [-0.1, -0.05) is 0 Å². The number of hydrogen-bond acceptors (Lipinski definition) is 2. The summed E-state index contributed by atoms with van der Waals surface area (Å²) in [5.41, 5.74) is 0.390. The molecular weight excluding hydrogens is 214 g/mol. The molecule has 1 aromatic carbocycles. The Kier molecular flexibility index (Phi) is 2.52. The highest BCUT2D eigenvalue weighted by atomic mass is 19.1. The van der Waals surface area contributed by atoms with Crippen LogP contribution in [-0.2, 0) is 7.05 Å². The summed E-state index contributed by atoms with van der Waals surface area (Å²) in [5, 5.41) is 0. The van der Waals surface area contributed by atoms with Crippen LogP contribution in [0.15, 0.2) is 24.5 Å². The highest BCUT2D eigenvalue weighted by Gasteiger charge is 2.15. The Balaban J connectivity index is 2.70. The Morgan fingerprint density at radius 3 is 2.81 bits per heavy atom. The Morgan fingerprint density at radius 1 is 1.38 bits per heavy atom. The molecule has 2 rings (SSSR count). The first-order valence-corrected chi connectivity index (χ1v) is 4.55. The van der Waals surface area contributed by atoms with Gasteiger partial charge in [0.05, 0.1) is 12.0 Å². The third-order valence-corrected chi connectivity index (χ3v) is 2.26. The first-order chi connectivity index (χ1) is 7.63. The van der Waals surface area contributed by atoms with E-state index in [0.717, 1.165) is 18.2 Å². The van der Waals surface area contributed by atoms with E-state index in [0.29, 0.717) is 6.29 Å². The second-order valence-corrected chi connectivity index (χ2v) is 3.33. The fraction of sp³-hybridized carbons (Fsp3) is 0.0909. The van der Waals surface area contributed by atoms with Gasteiger partial charge in [-0.05, 0) is 18.2 Å². The van der Waals surface area contributed by atoms with Crippen molar-refractivity contribution >= 4 is 6.29 Å². The number of carbonyl (C=O) groups is 1. The van der Waals surface area contributed by atoms with E-state index in [1.807, 2.05) is 0 Å². The van der Waals surface area contributed by atoms with Crippen LogP contribution in [0, 0.1) is 11.6 Å². The summed E-state index contributed by atoms with van der Waals surface area (Å²) >= 11 is 0. The number of benzene rings is 1. The SMILES string of the molecule is Cn1cnc(C=O)c1-c1cc(F)ccc1F. The molecule has 0 saturated carbocycles. The third kappa shape index (κ3) is 1.60. The molecular formula is C11H8F2N2O. The van der Waals surface area contributed by atoms with E-state index in [1.165, 1.54) is 10.9 Å². The largest absolute Gasteiger partial charge is 0.333 e. The molecule has 0 N–H and O–H groups in total. The van der Waals surface area contributed by atoms with Crippen molar-refractivity contribution < 1.29 is 13.6 Å². The van der Waals surface area contributed by atoms with E-state index in [-0.39, 0.29) is 17.0 Å².